The fourth-order valence-electron chi connectivity index (χ4n) is 2.55. The molecule has 0 aromatic heterocycles. The van der Waals surface area contributed by atoms with Crippen LogP contribution in [0.2, 0.25) is 0 Å². The van der Waals surface area contributed by atoms with Crippen LogP contribution in [-0.2, 0) is 11.2 Å². The Bertz CT molecular complexity index is 573. The molecule has 0 fully saturated rings. The van der Waals surface area contributed by atoms with Crippen molar-refractivity contribution in [3.63, 3.8) is 0 Å². The zero-order valence-electron chi connectivity index (χ0n) is 12.1. The standard InChI is InChI=1S/C16H19NO3/c1-4-10(5-2)15(19)12-7-6-11-9-14(18)17(3)16(20)13(11)8-12/h6-8,10H,4-5,9H2,1-3H3. The van der Waals surface area contributed by atoms with Crippen molar-refractivity contribution in [2.24, 2.45) is 5.92 Å². The SMILES string of the molecule is CCC(CC)C(=O)c1ccc2c(c1)C(=O)N(C)C(=O)C2. The molecule has 2 amide bonds. The van der Waals surface area contributed by atoms with E-state index in [1.165, 1.54) is 7.05 Å². The summed E-state index contributed by atoms with van der Waals surface area (Å²) in [6, 6.07) is 5.10. The summed E-state index contributed by atoms with van der Waals surface area (Å²) >= 11 is 0. The molecule has 4 heteroatoms. The topological polar surface area (TPSA) is 54.5 Å². The summed E-state index contributed by atoms with van der Waals surface area (Å²) in [6.07, 6.45) is 1.80. The summed E-state index contributed by atoms with van der Waals surface area (Å²) in [6.45, 7) is 3.98. The van der Waals surface area contributed by atoms with Crippen LogP contribution in [0.4, 0.5) is 0 Å². The quantitative estimate of drug-likeness (QED) is 0.625. The van der Waals surface area contributed by atoms with Crippen LogP contribution in [0, 0.1) is 5.92 Å². The first-order valence-corrected chi connectivity index (χ1v) is 6.97. The number of amides is 2. The summed E-state index contributed by atoms with van der Waals surface area (Å²) in [5, 5.41) is 0. The second kappa shape index (κ2) is 5.57. The van der Waals surface area contributed by atoms with Crippen molar-refractivity contribution in [3.8, 4) is 0 Å². The molecule has 0 atom stereocenters. The second-order valence-corrected chi connectivity index (χ2v) is 5.18. The Kier molecular flexibility index (Phi) is 4.02. The van der Waals surface area contributed by atoms with Gasteiger partial charge in [-0.05, 0) is 24.5 Å². The lowest BCUT2D eigenvalue weighted by atomic mass is 9.89. The maximum Gasteiger partial charge on any atom is 0.260 e. The van der Waals surface area contributed by atoms with Crippen molar-refractivity contribution in [1.29, 1.82) is 0 Å². The first-order valence-electron chi connectivity index (χ1n) is 6.97. The molecule has 1 heterocycles. The summed E-state index contributed by atoms with van der Waals surface area (Å²) in [5.74, 6) is -0.465. The highest BCUT2D eigenvalue weighted by molar-refractivity contribution is 6.11. The van der Waals surface area contributed by atoms with E-state index in [0.717, 1.165) is 17.7 Å². The van der Waals surface area contributed by atoms with Crippen molar-refractivity contribution in [2.45, 2.75) is 33.1 Å². The third kappa shape index (κ3) is 2.38. The summed E-state index contributed by atoms with van der Waals surface area (Å²) in [4.78, 5) is 37.2. The molecular formula is C16H19NO3. The molecule has 1 aromatic rings. The first-order chi connectivity index (χ1) is 9.49. The number of hydrogen-bond donors (Lipinski definition) is 0. The molecule has 0 aliphatic carbocycles. The number of likely N-dealkylation sites (N-methyl/N-ethyl adjacent to an activating group) is 1. The van der Waals surface area contributed by atoms with Crippen LogP contribution >= 0.6 is 0 Å². The Labute approximate surface area is 118 Å². The van der Waals surface area contributed by atoms with Crippen LogP contribution in [0.5, 0.6) is 0 Å². The Morgan fingerprint density at radius 3 is 2.50 bits per heavy atom. The predicted octanol–water partition coefficient (Wildman–Crippen LogP) is 2.46. The summed E-state index contributed by atoms with van der Waals surface area (Å²) < 4.78 is 0. The molecule has 1 aliphatic heterocycles. The molecule has 20 heavy (non-hydrogen) atoms. The zero-order valence-corrected chi connectivity index (χ0v) is 12.1. The van der Waals surface area contributed by atoms with Gasteiger partial charge in [-0.15, -0.1) is 0 Å². The van der Waals surface area contributed by atoms with Crippen molar-refractivity contribution < 1.29 is 14.4 Å². The van der Waals surface area contributed by atoms with Gasteiger partial charge in [-0.3, -0.25) is 19.3 Å². The number of rotatable bonds is 4. The molecule has 1 aliphatic rings. The molecule has 0 radical (unpaired) electrons. The van der Waals surface area contributed by atoms with Gasteiger partial charge >= 0.3 is 0 Å². The van der Waals surface area contributed by atoms with Gasteiger partial charge in [0, 0.05) is 24.1 Å². The van der Waals surface area contributed by atoms with Crippen molar-refractivity contribution in [1.82, 2.24) is 4.90 Å². The van der Waals surface area contributed by atoms with E-state index in [-0.39, 0.29) is 29.9 Å². The highest BCUT2D eigenvalue weighted by atomic mass is 16.2. The number of benzene rings is 1. The van der Waals surface area contributed by atoms with Gasteiger partial charge in [0.25, 0.3) is 5.91 Å². The van der Waals surface area contributed by atoms with Gasteiger partial charge in [-0.1, -0.05) is 26.0 Å². The van der Waals surface area contributed by atoms with Crippen LogP contribution in [0.3, 0.4) is 0 Å². The van der Waals surface area contributed by atoms with Crippen molar-refractivity contribution in [3.05, 3.63) is 34.9 Å². The molecule has 0 unspecified atom stereocenters. The molecule has 0 saturated carbocycles. The average Bonchev–Trinajstić information content (AvgIpc) is 2.46. The number of hydrogen-bond acceptors (Lipinski definition) is 3. The van der Waals surface area contributed by atoms with Gasteiger partial charge in [0.05, 0.1) is 6.42 Å². The molecule has 2 rings (SSSR count). The maximum absolute atomic E-state index is 12.4. The van der Waals surface area contributed by atoms with Gasteiger partial charge in [0.15, 0.2) is 5.78 Å². The van der Waals surface area contributed by atoms with E-state index < -0.39 is 0 Å². The summed E-state index contributed by atoms with van der Waals surface area (Å²) in [5.41, 5.74) is 1.75. The van der Waals surface area contributed by atoms with E-state index in [0.29, 0.717) is 16.7 Å². The van der Waals surface area contributed by atoms with E-state index in [1.54, 1.807) is 18.2 Å². The minimum absolute atomic E-state index is 0.00824. The summed E-state index contributed by atoms with van der Waals surface area (Å²) in [7, 11) is 1.48. The van der Waals surface area contributed by atoms with Gasteiger partial charge in [0.1, 0.15) is 0 Å². The van der Waals surface area contributed by atoms with E-state index in [1.807, 2.05) is 13.8 Å². The molecule has 0 saturated heterocycles. The van der Waals surface area contributed by atoms with Gasteiger partial charge < -0.3 is 0 Å². The number of ketones is 1. The predicted molar refractivity (Wildman–Crippen MR) is 75.6 cm³/mol. The zero-order chi connectivity index (χ0) is 14.9. The smallest absolute Gasteiger partial charge is 0.260 e. The average molecular weight is 273 g/mol. The van der Waals surface area contributed by atoms with Gasteiger partial charge in [-0.25, -0.2) is 0 Å². The maximum atomic E-state index is 12.4. The lowest BCUT2D eigenvalue weighted by Crippen LogP contribution is -2.39. The molecule has 0 spiro atoms. The normalized spacial score (nSPS) is 14.7. The van der Waals surface area contributed by atoms with Crippen molar-refractivity contribution >= 4 is 17.6 Å². The lowest BCUT2D eigenvalue weighted by molar-refractivity contribution is -0.127. The molecule has 0 bridgehead atoms. The Morgan fingerprint density at radius 2 is 1.90 bits per heavy atom. The molecule has 1 aromatic carbocycles. The van der Waals surface area contributed by atoms with Crippen LogP contribution in [0.15, 0.2) is 18.2 Å². The second-order valence-electron chi connectivity index (χ2n) is 5.18. The highest BCUT2D eigenvalue weighted by Gasteiger charge is 2.29. The number of nitrogens with zero attached hydrogens (tertiary/aromatic N) is 1. The van der Waals surface area contributed by atoms with E-state index in [2.05, 4.69) is 0 Å². The number of carbonyl (C=O) groups excluding carboxylic acids is 3. The molecule has 4 nitrogen and oxygen atoms in total. The van der Waals surface area contributed by atoms with E-state index >= 15 is 0 Å². The number of imide groups is 1. The van der Waals surface area contributed by atoms with Crippen LogP contribution in [0.1, 0.15) is 53.0 Å². The molecular weight excluding hydrogens is 254 g/mol. The van der Waals surface area contributed by atoms with Crippen LogP contribution < -0.4 is 0 Å². The lowest BCUT2D eigenvalue weighted by Gasteiger charge is -2.23. The highest BCUT2D eigenvalue weighted by Crippen LogP contribution is 2.23. The van der Waals surface area contributed by atoms with Crippen LogP contribution in [0.25, 0.3) is 0 Å². The Hall–Kier alpha value is -1.97. The third-order valence-corrected chi connectivity index (χ3v) is 4.00. The Balaban J connectivity index is 2.40. The monoisotopic (exact) mass is 273 g/mol. The fourth-order valence-corrected chi connectivity index (χ4v) is 2.55. The molecule has 0 N–H and O–H groups in total. The van der Waals surface area contributed by atoms with Crippen LogP contribution in [-0.4, -0.2) is 29.5 Å². The van der Waals surface area contributed by atoms with E-state index in [4.69, 9.17) is 0 Å². The number of Topliss-reactive ketones (excluding diaryl/α,β-unsaturated/α-hetero) is 1. The fraction of sp³-hybridized carbons (Fsp3) is 0.438. The van der Waals surface area contributed by atoms with Gasteiger partial charge in [0.2, 0.25) is 5.91 Å². The number of fused-ring (bicyclic) bond motifs is 1. The number of carbonyl (C=O) groups is 3. The Morgan fingerprint density at radius 1 is 1.25 bits per heavy atom. The van der Waals surface area contributed by atoms with Crippen molar-refractivity contribution in [2.75, 3.05) is 7.05 Å². The first kappa shape index (κ1) is 14.4. The molecule has 106 valence electrons. The minimum atomic E-state index is -0.324. The minimum Gasteiger partial charge on any atom is -0.294 e. The van der Waals surface area contributed by atoms with Gasteiger partial charge in [-0.2, -0.15) is 0 Å². The van der Waals surface area contributed by atoms with E-state index in [9.17, 15) is 14.4 Å². The largest absolute Gasteiger partial charge is 0.294 e. The third-order valence-electron chi connectivity index (χ3n) is 4.00.